The van der Waals surface area contributed by atoms with Crippen LogP contribution in [0, 0.1) is 0 Å². The van der Waals surface area contributed by atoms with Crippen molar-refractivity contribution in [3.05, 3.63) is 0 Å². The normalized spacial score (nSPS) is 25.7. The Labute approximate surface area is 112 Å². The zero-order chi connectivity index (χ0) is 14.5. The van der Waals surface area contributed by atoms with E-state index in [1.807, 2.05) is 0 Å². The summed E-state index contributed by atoms with van der Waals surface area (Å²) in [6, 6.07) is 0. The van der Waals surface area contributed by atoms with Gasteiger partial charge >= 0.3 is 5.97 Å². The van der Waals surface area contributed by atoms with Gasteiger partial charge in [0.25, 0.3) is 0 Å². The van der Waals surface area contributed by atoms with Crippen molar-refractivity contribution in [3.63, 3.8) is 0 Å². The maximum absolute atomic E-state index is 10.5. The molecule has 0 N–H and O–H groups in total. The van der Waals surface area contributed by atoms with E-state index in [4.69, 9.17) is 18.9 Å². The molecule has 2 rings (SSSR count). The number of rotatable bonds is 0. The molecule has 2 saturated heterocycles. The Balaban J connectivity index is 0.000000191. The molecule has 2 aliphatic rings. The zero-order valence-corrected chi connectivity index (χ0v) is 11.7. The predicted molar refractivity (Wildman–Crippen MR) is 63.1 cm³/mol. The molecule has 0 atom stereocenters. The fourth-order valence-corrected chi connectivity index (χ4v) is 1.15. The van der Waals surface area contributed by atoms with Crippen LogP contribution in [0.25, 0.3) is 0 Å². The highest BCUT2D eigenvalue weighted by molar-refractivity contribution is 5.81. The molecule has 2 aliphatic heterocycles. The van der Waals surface area contributed by atoms with Gasteiger partial charge in [-0.3, -0.25) is 4.79 Å². The van der Waals surface area contributed by atoms with Crippen LogP contribution < -0.4 is 0 Å². The van der Waals surface area contributed by atoms with Gasteiger partial charge in [0.15, 0.2) is 24.2 Å². The summed E-state index contributed by atoms with van der Waals surface area (Å²) in [5, 5.41) is 0. The topological polar surface area (TPSA) is 80.3 Å². The number of ketones is 1. The van der Waals surface area contributed by atoms with Gasteiger partial charge in [-0.2, -0.15) is 0 Å². The number of carbonyl (C=O) groups is 2. The quantitative estimate of drug-likeness (QED) is 0.599. The minimum absolute atomic E-state index is 0.00863. The minimum atomic E-state index is -0.702. The summed E-state index contributed by atoms with van der Waals surface area (Å²) in [5.41, 5.74) is 0. The van der Waals surface area contributed by atoms with Crippen LogP contribution in [-0.4, -0.2) is 49.9 Å². The molecule has 0 unspecified atom stereocenters. The largest absolute Gasteiger partial charge is 0.437 e. The summed E-state index contributed by atoms with van der Waals surface area (Å²) < 4.78 is 24.6. The maximum atomic E-state index is 10.5. The average Bonchev–Trinajstić information content (AvgIpc) is 2.46. The van der Waals surface area contributed by atoms with Gasteiger partial charge in [0.05, 0.1) is 0 Å². The van der Waals surface area contributed by atoms with Crippen molar-refractivity contribution in [1.82, 2.24) is 0 Å². The van der Waals surface area contributed by atoms with E-state index in [2.05, 4.69) is 4.74 Å². The first-order valence-electron chi connectivity index (χ1n) is 5.93. The monoisotopic (exact) mass is 276 g/mol. The highest BCUT2D eigenvalue weighted by atomic mass is 16.8. The van der Waals surface area contributed by atoms with Crippen molar-refractivity contribution in [2.24, 2.45) is 0 Å². The van der Waals surface area contributed by atoms with Crippen LogP contribution in [0.4, 0.5) is 0 Å². The molecule has 19 heavy (non-hydrogen) atoms. The summed E-state index contributed by atoms with van der Waals surface area (Å²) >= 11 is 0. The lowest BCUT2D eigenvalue weighted by Gasteiger charge is -2.28. The van der Waals surface area contributed by atoms with Crippen molar-refractivity contribution >= 4 is 11.8 Å². The van der Waals surface area contributed by atoms with Crippen molar-refractivity contribution in [3.8, 4) is 0 Å². The molecule has 7 heteroatoms. The van der Waals surface area contributed by atoms with E-state index in [-0.39, 0.29) is 38.4 Å². The molecule has 110 valence electrons. The first-order chi connectivity index (χ1) is 8.70. The van der Waals surface area contributed by atoms with Crippen molar-refractivity contribution < 1.29 is 33.3 Å². The molecule has 7 nitrogen and oxygen atoms in total. The van der Waals surface area contributed by atoms with Gasteiger partial charge in [-0.15, -0.1) is 0 Å². The van der Waals surface area contributed by atoms with Gasteiger partial charge in [-0.1, -0.05) is 0 Å². The van der Waals surface area contributed by atoms with Gasteiger partial charge in [0.1, 0.15) is 19.8 Å². The summed E-state index contributed by atoms with van der Waals surface area (Å²) in [6.07, 6.45) is 0. The Bertz CT molecular complexity index is 323. The van der Waals surface area contributed by atoms with Gasteiger partial charge in [-0.25, -0.2) is 4.79 Å². The van der Waals surface area contributed by atoms with E-state index in [9.17, 15) is 9.59 Å². The Morgan fingerprint density at radius 3 is 1.79 bits per heavy atom. The Hall–Kier alpha value is -1.02. The molecule has 0 aliphatic carbocycles. The standard InChI is InChI=1S/C6H10O4.C6H10O3/c1-6(2)9-3-5(7)8-4-10-6;1-6(2)8-3-5(7)4-9-6/h3-4H2,1-2H3;3-4H2,1-2H3. The summed E-state index contributed by atoms with van der Waals surface area (Å²) in [4.78, 5) is 21.0. The summed E-state index contributed by atoms with van der Waals surface area (Å²) in [7, 11) is 0. The van der Waals surface area contributed by atoms with Crippen LogP contribution >= 0.6 is 0 Å². The SMILES string of the molecule is CC1(C)OCC(=O)CO1.CC1(C)OCOC(=O)CO1. The van der Waals surface area contributed by atoms with Gasteiger partial charge in [-0.05, 0) is 27.7 Å². The summed E-state index contributed by atoms with van der Waals surface area (Å²) in [6.45, 7) is 7.36. The second-order valence-electron chi connectivity index (χ2n) is 4.98. The number of hydrogen-bond acceptors (Lipinski definition) is 7. The van der Waals surface area contributed by atoms with Crippen molar-refractivity contribution in [1.29, 1.82) is 0 Å². The van der Waals surface area contributed by atoms with Crippen molar-refractivity contribution in [2.75, 3.05) is 26.6 Å². The Morgan fingerprint density at radius 2 is 1.26 bits per heavy atom. The first kappa shape index (κ1) is 16.0. The lowest BCUT2D eigenvalue weighted by Crippen LogP contribution is -2.39. The number of ether oxygens (including phenoxy) is 5. The van der Waals surface area contributed by atoms with Crippen LogP contribution in [0.3, 0.4) is 0 Å². The fraction of sp³-hybridized carbons (Fsp3) is 0.833. The third-order valence-electron chi connectivity index (χ3n) is 2.33. The van der Waals surface area contributed by atoms with E-state index in [0.29, 0.717) is 0 Å². The third-order valence-corrected chi connectivity index (χ3v) is 2.33. The number of esters is 1. The first-order valence-corrected chi connectivity index (χ1v) is 5.93. The maximum Gasteiger partial charge on any atom is 0.334 e. The molecule has 2 heterocycles. The van der Waals surface area contributed by atoms with Crippen LogP contribution in [0.1, 0.15) is 27.7 Å². The van der Waals surface area contributed by atoms with Gasteiger partial charge < -0.3 is 23.7 Å². The third kappa shape index (κ3) is 6.63. The van der Waals surface area contributed by atoms with Crippen LogP contribution in [0.15, 0.2) is 0 Å². The molecule has 0 aromatic carbocycles. The minimum Gasteiger partial charge on any atom is -0.437 e. The Kier molecular flexibility index (Phi) is 5.42. The van der Waals surface area contributed by atoms with Gasteiger partial charge in [0, 0.05) is 0 Å². The lowest BCUT2D eigenvalue weighted by atomic mass is 10.3. The van der Waals surface area contributed by atoms with Gasteiger partial charge in [0.2, 0.25) is 0 Å². The fourth-order valence-electron chi connectivity index (χ4n) is 1.15. The Morgan fingerprint density at radius 1 is 0.789 bits per heavy atom. The van der Waals surface area contributed by atoms with E-state index in [0.717, 1.165) is 0 Å². The highest BCUT2D eigenvalue weighted by Gasteiger charge is 2.26. The molecule has 0 spiro atoms. The van der Waals surface area contributed by atoms with E-state index in [1.165, 1.54) is 0 Å². The molecule has 0 saturated carbocycles. The zero-order valence-electron chi connectivity index (χ0n) is 11.7. The lowest BCUT2D eigenvalue weighted by molar-refractivity contribution is -0.235. The molecule has 0 amide bonds. The van der Waals surface area contributed by atoms with Crippen molar-refractivity contribution in [2.45, 2.75) is 39.3 Å². The van der Waals surface area contributed by atoms with E-state index >= 15 is 0 Å². The second-order valence-corrected chi connectivity index (χ2v) is 4.98. The molecule has 0 aromatic heterocycles. The molecule has 2 fully saturated rings. The van der Waals surface area contributed by atoms with Crippen LogP contribution in [0.2, 0.25) is 0 Å². The smallest absolute Gasteiger partial charge is 0.334 e. The predicted octanol–water partition coefficient (Wildman–Crippen LogP) is 0.608. The number of hydrogen-bond donors (Lipinski definition) is 0. The molecule has 0 bridgehead atoms. The molecule has 0 aromatic rings. The number of Topliss-reactive ketones (excluding diaryl/α,β-unsaturated/α-hetero) is 1. The van der Waals surface area contributed by atoms with Crippen LogP contribution in [-0.2, 0) is 33.3 Å². The number of carbonyl (C=O) groups excluding carboxylic acids is 2. The van der Waals surface area contributed by atoms with E-state index < -0.39 is 11.6 Å². The molecular weight excluding hydrogens is 256 g/mol. The second kappa shape index (κ2) is 6.42. The summed E-state index contributed by atoms with van der Waals surface area (Å²) in [5.74, 6) is -1.64. The molecule has 0 radical (unpaired) electrons. The molecular formula is C12H20O7. The average molecular weight is 276 g/mol. The number of cyclic esters (lactones) is 1. The van der Waals surface area contributed by atoms with Crippen LogP contribution in [0.5, 0.6) is 0 Å². The van der Waals surface area contributed by atoms with E-state index in [1.54, 1.807) is 27.7 Å². The highest BCUT2D eigenvalue weighted by Crippen LogP contribution is 2.14.